The first-order valence-corrected chi connectivity index (χ1v) is 33.8. The molecule has 0 saturated carbocycles. The van der Waals surface area contributed by atoms with Crippen molar-refractivity contribution in [3.05, 3.63) is 146 Å². The molecule has 0 heterocycles. The van der Waals surface area contributed by atoms with Gasteiger partial charge in [0.25, 0.3) is 0 Å². The van der Waals surface area contributed by atoms with Gasteiger partial charge in [0, 0.05) is 12.8 Å². The summed E-state index contributed by atoms with van der Waals surface area (Å²) < 4.78 is 16.8. The summed E-state index contributed by atoms with van der Waals surface area (Å²) in [6.07, 6.45) is 98.9. The fraction of sp³-hybridized carbons (Fsp3) is 0.645. The minimum absolute atomic E-state index is 0.114. The molecule has 0 aromatic rings. The van der Waals surface area contributed by atoms with Crippen molar-refractivity contribution in [3.63, 3.8) is 0 Å². The van der Waals surface area contributed by atoms with E-state index in [1.54, 1.807) is 6.08 Å². The van der Waals surface area contributed by atoms with Crippen LogP contribution in [-0.4, -0.2) is 37.2 Å². The highest BCUT2D eigenvalue weighted by atomic mass is 16.6. The molecule has 0 aromatic heterocycles. The smallest absolute Gasteiger partial charge is 0.309 e. The minimum atomic E-state index is -0.828. The van der Waals surface area contributed by atoms with Gasteiger partial charge < -0.3 is 14.2 Å². The van der Waals surface area contributed by atoms with Gasteiger partial charge in [0.15, 0.2) is 6.10 Å². The van der Waals surface area contributed by atoms with Crippen molar-refractivity contribution in [1.82, 2.24) is 0 Å². The molecule has 0 aliphatic carbocycles. The molecular weight excluding hydrogens is 1010 g/mol. The van der Waals surface area contributed by atoms with Crippen LogP contribution in [0.15, 0.2) is 146 Å². The lowest BCUT2D eigenvalue weighted by Gasteiger charge is -2.18. The molecule has 1 atom stereocenters. The Kier molecular flexibility index (Phi) is 64.8. The van der Waals surface area contributed by atoms with Crippen molar-refractivity contribution in [2.75, 3.05) is 13.2 Å². The highest BCUT2D eigenvalue weighted by Gasteiger charge is 2.19. The standard InChI is InChI=1S/C76H124O6/c1-4-7-10-13-16-19-22-25-28-30-32-33-34-35-36-37-38-39-40-41-42-43-44-46-48-51-54-57-60-63-66-69-75(78)81-72-73(71-80-74(77)68-65-62-59-56-53-50-47-27-24-21-18-15-12-9-6-3)82-76(79)70-67-64-61-58-55-52-49-45-31-29-26-23-20-17-14-11-8-5-2/h7,9-10,12,16,18-21,23,25,27-29,31-33,35-36,47,53,56,62,65,73H,4-6,8,11,13-15,17,22,24,26,30,34,37-46,48-52,54-55,57-61,63-64,66-72H2,1-3H3/b10-7-,12-9-,19-16-,21-18-,23-20-,28-25-,31-29-,33-32-,36-35-,47-27-,56-53-,65-62-. The largest absolute Gasteiger partial charge is 0.462 e. The van der Waals surface area contributed by atoms with Crippen molar-refractivity contribution < 1.29 is 28.6 Å². The van der Waals surface area contributed by atoms with E-state index in [4.69, 9.17) is 14.2 Å². The van der Waals surface area contributed by atoms with Crippen LogP contribution in [0.25, 0.3) is 0 Å². The Labute approximate surface area is 506 Å². The Morgan fingerprint density at radius 1 is 0.268 bits per heavy atom. The van der Waals surface area contributed by atoms with E-state index >= 15 is 0 Å². The lowest BCUT2D eigenvalue weighted by atomic mass is 10.0. The lowest BCUT2D eigenvalue weighted by Crippen LogP contribution is -2.30. The highest BCUT2D eigenvalue weighted by molar-refractivity contribution is 5.72. The fourth-order valence-electron chi connectivity index (χ4n) is 9.10. The number of carbonyl (C=O) groups excluding carboxylic acids is 3. The van der Waals surface area contributed by atoms with Gasteiger partial charge in [-0.1, -0.05) is 301 Å². The SMILES string of the molecule is CC/C=C\C/C=C\C/C=C\C/C=C\C/C=C\CCCCCCCCCCCCCCCCCC(=O)OCC(COC(=O)C/C=C\C/C=C\C/C=C\C/C=C\C/C=C\CC)OC(=O)CCCCCCCCC/C=C\C/C=C\CCCCCC. The summed E-state index contributed by atoms with van der Waals surface area (Å²) in [5.41, 5.74) is 0. The molecule has 0 amide bonds. The second-order valence-electron chi connectivity index (χ2n) is 22.0. The number of hydrogen-bond donors (Lipinski definition) is 0. The number of unbranched alkanes of at least 4 members (excludes halogenated alkanes) is 26. The lowest BCUT2D eigenvalue weighted by molar-refractivity contribution is -0.166. The van der Waals surface area contributed by atoms with Crippen molar-refractivity contribution in [1.29, 1.82) is 0 Å². The molecule has 6 heteroatoms. The van der Waals surface area contributed by atoms with E-state index in [1.807, 2.05) is 6.08 Å². The van der Waals surface area contributed by atoms with Crippen LogP contribution in [0.3, 0.4) is 0 Å². The van der Waals surface area contributed by atoms with Crippen LogP contribution in [0.2, 0.25) is 0 Å². The van der Waals surface area contributed by atoms with Gasteiger partial charge in [-0.3, -0.25) is 14.4 Å². The Balaban J connectivity index is 4.34. The average molecular weight is 1130 g/mol. The number of hydrogen-bond acceptors (Lipinski definition) is 6. The zero-order valence-electron chi connectivity index (χ0n) is 53.2. The summed E-state index contributed by atoms with van der Waals surface area (Å²) in [4.78, 5) is 38.3. The predicted octanol–water partition coefficient (Wildman–Crippen LogP) is 23.5. The highest BCUT2D eigenvalue weighted by Crippen LogP contribution is 2.16. The van der Waals surface area contributed by atoms with Crippen molar-refractivity contribution in [2.24, 2.45) is 0 Å². The summed E-state index contributed by atoms with van der Waals surface area (Å²) in [5.74, 6) is -1.05. The molecule has 82 heavy (non-hydrogen) atoms. The first-order chi connectivity index (χ1) is 40.5. The number of allylic oxidation sites excluding steroid dienone is 23. The van der Waals surface area contributed by atoms with E-state index < -0.39 is 12.1 Å². The van der Waals surface area contributed by atoms with Gasteiger partial charge in [-0.05, 0) is 122 Å². The maximum atomic E-state index is 12.9. The summed E-state index contributed by atoms with van der Waals surface area (Å²) >= 11 is 0. The number of rotatable bonds is 60. The summed E-state index contributed by atoms with van der Waals surface area (Å²) in [5, 5.41) is 0. The van der Waals surface area contributed by atoms with Gasteiger partial charge in [0.2, 0.25) is 0 Å². The van der Waals surface area contributed by atoms with Crippen LogP contribution in [-0.2, 0) is 28.6 Å². The monoisotopic (exact) mass is 1130 g/mol. The molecule has 0 N–H and O–H groups in total. The molecule has 0 aromatic carbocycles. The van der Waals surface area contributed by atoms with E-state index in [0.717, 1.165) is 116 Å². The van der Waals surface area contributed by atoms with Gasteiger partial charge >= 0.3 is 17.9 Å². The zero-order chi connectivity index (χ0) is 59.2. The molecular formula is C76H124O6. The Morgan fingerprint density at radius 2 is 0.524 bits per heavy atom. The molecule has 0 radical (unpaired) electrons. The number of ether oxygens (including phenoxy) is 3. The maximum Gasteiger partial charge on any atom is 0.309 e. The van der Waals surface area contributed by atoms with Gasteiger partial charge in [-0.25, -0.2) is 0 Å². The van der Waals surface area contributed by atoms with Crippen LogP contribution in [0, 0.1) is 0 Å². The van der Waals surface area contributed by atoms with Crippen molar-refractivity contribution in [3.8, 4) is 0 Å². The zero-order valence-corrected chi connectivity index (χ0v) is 53.2. The third-order valence-electron chi connectivity index (χ3n) is 14.1. The van der Waals surface area contributed by atoms with Crippen LogP contribution < -0.4 is 0 Å². The topological polar surface area (TPSA) is 78.9 Å². The Morgan fingerprint density at radius 3 is 0.854 bits per heavy atom. The molecule has 0 aliphatic rings. The second kappa shape index (κ2) is 68.8. The second-order valence-corrected chi connectivity index (χ2v) is 22.0. The van der Waals surface area contributed by atoms with E-state index in [9.17, 15) is 14.4 Å². The number of carbonyl (C=O) groups is 3. The van der Waals surface area contributed by atoms with Gasteiger partial charge in [0.1, 0.15) is 13.2 Å². The molecule has 464 valence electrons. The third-order valence-corrected chi connectivity index (χ3v) is 14.1. The van der Waals surface area contributed by atoms with Crippen LogP contribution >= 0.6 is 0 Å². The Bertz CT molecular complexity index is 1780. The Hall–Kier alpha value is -4.71. The van der Waals surface area contributed by atoms with Crippen LogP contribution in [0.5, 0.6) is 0 Å². The van der Waals surface area contributed by atoms with E-state index in [1.165, 1.54) is 141 Å². The van der Waals surface area contributed by atoms with Crippen LogP contribution in [0.1, 0.15) is 297 Å². The quantitative estimate of drug-likeness (QED) is 0.0261. The summed E-state index contributed by atoms with van der Waals surface area (Å²) in [6, 6.07) is 0. The summed E-state index contributed by atoms with van der Waals surface area (Å²) in [6.45, 7) is 6.31. The molecule has 0 rings (SSSR count). The molecule has 0 saturated heterocycles. The summed E-state index contributed by atoms with van der Waals surface area (Å²) in [7, 11) is 0. The van der Waals surface area contributed by atoms with Crippen molar-refractivity contribution in [2.45, 2.75) is 303 Å². The first-order valence-electron chi connectivity index (χ1n) is 33.8. The third kappa shape index (κ3) is 66.1. The van der Waals surface area contributed by atoms with E-state index in [0.29, 0.717) is 12.8 Å². The molecule has 0 bridgehead atoms. The molecule has 1 unspecified atom stereocenters. The van der Waals surface area contributed by atoms with Crippen molar-refractivity contribution >= 4 is 17.9 Å². The average Bonchev–Trinajstić information content (AvgIpc) is 3.47. The predicted molar refractivity (Wildman–Crippen MR) is 357 cm³/mol. The van der Waals surface area contributed by atoms with E-state index in [-0.39, 0.29) is 31.6 Å². The number of esters is 3. The fourth-order valence-corrected chi connectivity index (χ4v) is 9.10. The first kappa shape index (κ1) is 77.3. The molecule has 0 spiro atoms. The molecule has 0 fully saturated rings. The van der Waals surface area contributed by atoms with Gasteiger partial charge in [0.05, 0.1) is 6.42 Å². The van der Waals surface area contributed by atoms with Crippen LogP contribution in [0.4, 0.5) is 0 Å². The van der Waals surface area contributed by atoms with Gasteiger partial charge in [-0.15, -0.1) is 0 Å². The normalized spacial score (nSPS) is 13.1. The van der Waals surface area contributed by atoms with E-state index in [2.05, 4.69) is 154 Å². The van der Waals surface area contributed by atoms with Gasteiger partial charge in [-0.2, -0.15) is 0 Å². The molecule has 6 nitrogen and oxygen atoms in total. The maximum absolute atomic E-state index is 12.9. The molecule has 0 aliphatic heterocycles. The minimum Gasteiger partial charge on any atom is -0.462 e.